The molecule has 0 bridgehead atoms. The summed E-state index contributed by atoms with van der Waals surface area (Å²) in [5.74, 6) is -0.237. The van der Waals surface area contributed by atoms with Crippen molar-refractivity contribution in [1.82, 2.24) is 4.98 Å². The van der Waals surface area contributed by atoms with Crippen molar-refractivity contribution >= 4 is 17.3 Å². The average Bonchev–Trinajstić information content (AvgIpc) is 2.41. The highest BCUT2D eigenvalue weighted by Gasteiger charge is 2.09. The number of nitrogens with one attached hydrogen (secondary N) is 1. The molecule has 0 aliphatic rings. The van der Waals surface area contributed by atoms with Crippen LogP contribution < -0.4 is 10.1 Å². The molecule has 0 spiro atoms. The number of nitrogens with zero attached hydrogens (tertiary/aromatic N) is 1. The number of rotatable bonds is 5. The van der Waals surface area contributed by atoms with E-state index in [1.54, 1.807) is 12.3 Å². The normalized spacial score (nSPS) is 10.3. The zero-order valence-corrected chi connectivity index (χ0v) is 11.3. The molecule has 0 saturated carbocycles. The predicted molar refractivity (Wildman–Crippen MR) is 76.7 cm³/mol. The van der Waals surface area contributed by atoms with Gasteiger partial charge in [-0.25, -0.2) is 4.79 Å². The van der Waals surface area contributed by atoms with E-state index >= 15 is 0 Å². The van der Waals surface area contributed by atoms with E-state index in [-0.39, 0.29) is 11.7 Å². The molecule has 0 radical (unpaired) electrons. The molecular formula is C15H16N2O3. The number of hydrogen-bond donors (Lipinski definition) is 2. The molecule has 1 heterocycles. The quantitative estimate of drug-likeness (QED) is 0.873. The Morgan fingerprint density at radius 3 is 2.55 bits per heavy atom. The summed E-state index contributed by atoms with van der Waals surface area (Å²) in [6, 6.07) is 8.98. The topological polar surface area (TPSA) is 71.5 Å². The molecule has 0 unspecified atom stereocenters. The summed E-state index contributed by atoms with van der Waals surface area (Å²) < 4.78 is 5.55. The van der Waals surface area contributed by atoms with Crippen LogP contribution in [0.25, 0.3) is 0 Å². The lowest BCUT2D eigenvalue weighted by Gasteiger charge is -2.12. The van der Waals surface area contributed by atoms with Crippen LogP contribution in [0.5, 0.6) is 5.75 Å². The van der Waals surface area contributed by atoms with Crippen LogP contribution in [-0.2, 0) is 0 Å². The van der Waals surface area contributed by atoms with Crippen LogP contribution in [0.1, 0.15) is 24.2 Å². The lowest BCUT2D eigenvalue weighted by molar-refractivity contribution is 0.0697. The Hall–Kier alpha value is -2.56. The zero-order valence-electron chi connectivity index (χ0n) is 11.3. The number of hydrogen-bond acceptors (Lipinski definition) is 4. The van der Waals surface area contributed by atoms with Crippen molar-refractivity contribution in [2.45, 2.75) is 20.0 Å². The minimum absolute atomic E-state index is 0.118. The molecule has 104 valence electrons. The van der Waals surface area contributed by atoms with Gasteiger partial charge in [0.15, 0.2) is 0 Å². The summed E-state index contributed by atoms with van der Waals surface area (Å²) >= 11 is 0. The summed E-state index contributed by atoms with van der Waals surface area (Å²) in [7, 11) is 0. The number of aromatic carboxylic acids is 1. The van der Waals surface area contributed by atoms with Crippen LogP contribution in [-0.4, -0.2) is 22.2 Å². The minimum atomic E-state index is -1.01. The summed E-state index contributed by atoms with van der Waals surface area (Å²) in [6.45, 7) is 3.92. The van der Waals surface area contributed by atoms with E-state index in [1.165, 1.54) is 6.20 Å². The SMILES string of the molecule is CC(C)Oc1ccc(Nc2ccncc2C(=O)O)cc1. The molecule has 0 aliphatic heterocycles. The predicted octanol–water partition coefficient (Wildman–Crippen LogP) is 3.31. The standard InChI is InChI=1S/C15H16N2O3/c1-10(2)20-12-5-3-11(4-6-12)17-14-7-8-16-9-13(14)15(18)19/h3-10H,1-2H3,(H,16,17)(H,18,19). The van der Waals surface area contributed by atoms with Gasteiger partial charge >= 0.3 is 5.97 Å². The first-order chi connectivity index (χ1) is 9.56. The van der Waals surface area contributed by atoms with Crippen molar-refractivity contribution in [2.75, 3.05) is 5.32 Å². The smallest absolute Gasteiger partial charge is 0.339 e. The molecule has 0 atom stereocenters. The van der Waals surface area contributed by atoms with Crippen LogP contribution in [0.2, 0.25) is 0 Å². The summed E-state index contributed by atoms with van der Waals surface area (Å²) in [5, 5.41) is 12.1. The fourth-order valence-electron chi connectivity index (χ4n) is 1.72. The third-order valence-corrected chi connectivity index (χ3v) is 2.56. The first-order valence-electron chi connectivity index (χ1n) is 6.27. The molecule has 0 amide bonds. The highest BCUT2D eigenvalue weighted by molar-refractivity contribution is 5.94. The number of pyridine rings is 1. The molecule has 20 heavy (non-hydrogen) atoms. The number of carboxylic acid groups (broad SMARTS) is 1. The number of carbonyl (C=O) groups is 1. The Morgan fingerprint density at radius 1 is 1.25 bits per heavy atom. The summed E-state index contributed by atoms with van der Waals surface area (Å²) in [5.41, 5.74) is 1.43. The van der Waals surface area contributed by atoms with E-state index in [9.17, 15) is 4.79 Å². The molecule has 0 aliphatic carbocycles. The average molecular weight is 272 g/mol. The summed E-state index contributed by atoms with van der Waals surface area (Å²) in [6.07, 6.45) is 2.99. The van der Waals surface area contributed by atoms with Crippen molar-refractivity contribution in [3.63, 3.8) is 0 Å². The van der Waals surface area contributed by atoms with Gasteiger partial charge in [0.25, 0.3) is 0 Å². The van der Waals surface area contributed by atoms with E-state index in [2.05, 4.69) is 10.3 Å². The molecule has 1 aromatic heterocycles. The van der Waals surface area contributed by atoms with Gasteiger partial charge in [0, 0.05) is 18.1 Å². The van der Waals surface area contributed by atoms with Crippen LogP contribution in [0.3, 0.4) is 0 Å². The Balaban J connectivity index is 2.16. The van der Waals surface area contributed by atoms with Gasteiger partial charge in [-0.05, 0) is 44.2 Å². The van der Waals surface area contributed by atoms with Gasteiger partial charge in [0.05, 0.1) is 11.8 Å². The second-order valence-corrected chi connectivity index (χ2v) is 4.54. The number of carboxylic acids is 1. The van der Waals surface area contributed by atoms with E-state index in [1.807, 2.05) is 38.1 Å². The van der Waals surface area contributed by atoms with Crippen molar-refractivity contribution < 1.29 is 14.6 Å². The second-order valence-electron chi connectivity index (χ2n) is 4.54. The monoisotopic (exact) mass is 272 g/mol. The maximum Gasteiger partial charge on any atom is 0.339 e. The zero-order chi connectivity index (χ0) is 14.5. The minimum Gasteiger partial charge on any atom is -0.491 e. The lowest BCUT2D eigenvalue weighted by atomic mass is 10.2. The highest BCUT2D eigenvalue weighted by Crippen LogP contribution is 2.22. The van der Waals surface area contributed by atoms with Gasteiger partial charge in [0.2, 0.25) is 0 Å². The molecule has 1 aromatic carbocycles. The van der Waals surface area contributed by atoms with Gasteiger partial charge in [0.1, 0.15) is 11.3 Å². The van der Waals surface area contributed by atoms with E-state index < -0.39 is 5.97 Å². The molecule has 2 N–H and O–H groups in total. The number of ether oxygens (including phenoxy) is 1. The van der Waals surface area contributed by atoms with E-state index in [0.29, 0.717) is 5.69 Å². The van der Waals surface area contributed by atoms with Gasteiger partial charge in [-0.2, -0.15) is 0 Å². The molecule has 0 fully saturated rings. The van der Waals surface area contributed by atoms with Crippen molar-refractivity contribution in [2.24, 2.45) is 0 Å². The third-order valence-electron chi connectivity index (χ3n) is 2.56. The van der Waals surface area contributed by atoms with Gasteiger partial charge < -0.3 is 15.2 Å². The molecule has 2 aromatic rings. The third kappa shape index (κ3) is 3.47. The van der Waals surface area contributed by atoms with Crippen LogP contribution >= 0.6 is 0 Å². The first-order valence-corrected chi connectivity index (χ1v) is 6.27. The molecule has 5 nitrogen and oxygen atoms in total. The second kappa shape index (κ2) is 6.06. The largest absolute Gasteiger partial charge is 0.491 e. The van der Waals surface area contributed by atoms with Crippen LogP contribution in [0.15, 0.2) is 42.7 Å². The number of anilines is 2. The molecule has 5 heteroatoms. The molecular weight excluding hydrogens is 256 g/mol. The summed E-state index contributed by atoms with van der Waals surface area (Å²) in [4.78, 5) is 14.9. The maximum absolute atomic E-state index is 11.1. The van der Waals surface area contributed by atoms with Crippen molar-refractivity contribution in [3.05, 3.63) is 48.3 Å². The van der Waals surface area contributed by atoms with Gasteiger partial charge in [-0.15, -0.1) is 0 Å². The number of benzene rings is 1. The Morgan fingerprint density at radius 2 is 1.95 bits per heavy atom. The Bertz CT molecular complexity index is 594. The van der Waals surface area contributed by atoms with Gasteiger partial charge in [-0.3, -0.25) is 4.98 Å². The van der Waals surface area contributed by atoms with E-state index in [4.69, 9.17) is 9.84 Å². The highest BCUT2D eigenvalue weighted by atomic mass is 16.5. The van der Waals surface area contributed by atoms with Crippen molar-refractivity contribution in [3.8, 4) is 5.75 Å². The number of aromatic nitrogens is 1. The first kappa shape index (κ1) is 13.9. The van der Waals surface area contributed by atoms with Gasteiger partial charge in [-0.1, -0.05) is 0 Å². The molecule has 0 saturated heterocycles. The lowest BCUT2D eigenvalue weighted by Crippen LogP contribution is -2.05. The Kier molecular flexibility index (Phi) is 4.20. The maximum atomic E-state index is 11.1. The fourth-order valence-corrected chi connectivity index (χ4v) is 1.72. The van der Waals surface area contributed by atoms with E-state index in [0.717, 1.165) is 11.4 Å². The van der Waals surface area contributed by atoms with Crippen LogP contribution in [0.4, 0.5) is 11.4 Å². The molecule has 2 rings (SSSR count). The van der Waals surface area contributed by atoms with Crippen LogP contribution in [0, 0.1) is 0 Å². The van der Waals surface area contributed by atoms with Crippen molar-refractivity contribution in [1.29, 1.82) is 0 Å². The Labute approximate surface area is 117 Å². The fraction of sp³-hybridized carbons (Fsp3) is 0.200.